The van der Waals surface area contributed by atoms with E-state index in [0.29, 0.717) is 29.2 Å². The van der Waals surface area contributed by atoms with Gasteiger partial charge < -0.3 is 5.11 Å². The zero-order valence-corrected chi connectivity index (χ0v) is 19.9. The molecular formula is C26H34ClN3O2. The normalized spacial score (nSPS) is 48.7. The number of carbonyl (C=O) groups is 1. The highest BCUT2D eigenvalue weighted by Gasteiger charge is 2.70. The molecule has 5 fully saturated rings. The molecule has 0 radical (unpaired) electrons. The lowest BCUT2D eigenvalue weighted by molar-refractivity contribution is -0.136. The smallest absolute Gasteiger partial charge is 0.158 e. The Hall–Kier alpha value is -1.38. The second kappa shape index (κ2) is 7.06. The number of nitrogens with zero attached hydrogens (tertiary/aromatic N) is 3. The molecule has 6 rings (SSSR count). The van der Waals surface area contributed by atoms with Gasteiger partial charge in [0.1, 0.15) is 23.3 Å². The van der Waals surface area contributed by atoms with E-state index >= 15 is 0 Å². The van der Waals surface area contributed by atoms with E-state index in [1.54, 1.807) is 0 Å². The molecule has 1 heterocycles. The number of nitriles is 1. The SMILES string of the molecule is C[C@@]1(O)CC[C@H]2[C@H](CC[C@@H]3[C@@H]2CC[C@@]2(C)[C@H]3[C@@H]3C[C@@H]3[C@@H]2C(=O)Cn2ncc(C#N)c2Cl)C1. The van der Waals surface area contributed by atoms with Crippen molar-refractivity contribution in [2.75, 3.05) is 0 Å². The number of carbonyl (C=O) groups excluding carboxylic acids is 1. The van der Waals surface area contributed by atoms with Crippen LogP contribution in [-0.4, -0.2) is 26.3 Å². The Morgan fingerprint density at radius 1 is 1.19 bits per heavy atom. The van der Waals surface area contributed by atoms with Gasteiger partial charge in [-0.15, -0.1) is 0 Å². The maximum atomic E-state index is 13.6. The summed E-state index contributed by atoms with van der Waals surface area (Å²) in [5, 5.41) is 24.3. The molecular weight excluding hydrogens is 422 g/mol. The van der Waals surface area contributed by atoms with Crippen molar-refractivity contribution in [3.63, 3.8) is 0 Å². The van der Waals surface area contributed by atoms with Crippen LogP contribution >= 0.6 is 11.6 Å². The number of hydrogen-bond acceptors (Lipinski definition) is 4. The van der Waals surface area contributed by atoms with E-state index in [-0.39, 0.29) is 28.8 Å². The first-order valence-electron chi connectivity index (χ1n) is 12.6. The standard InChI is InChI=1S/C26H34ClN3O2/c1-25(32)7-5-16-14(10-25)3-4-18-17(16)6-8-26(2)22(18)19-9-20(19)23(26)21(31)13-30-24(27)15(11-28)12-29-30/h12,14,16-20,22-23,32H,3-10,13H2,1-2H3/t14-,16+,17-,18-,19-,20+,22-,23-,25-,26+/m1/s1. The maximum absolute atomic E-state index is 13.6. The van der Waals surface area contributed by atoms with Gasteiger partial charge in [-0.1, -0.05) is 18.5 Å². The van der Waals surface area contributed by atoms with E-state index < -0.39 is 5.60 Å². The Kier molecular flexibility index (Phi) is 4.67. The van der Waals surface area contributed by atoms with Crippen molar-refractivity contribution in [2.45, 2.75) is 77.4 Å². The lowest BCUT2D eigenvalue weighted by Gasteiger charge is -2.57. The second-order valence-electron chi connectivity index (χ2n) is 12.3. The summed E-state index contributed by atoms with van der Waals surface area (Å²) >= 11 is 6.28. The van der Waals surface area contributed by atoms with Crippen LogP contribution < -0.4 is 0 Å². The molecule has 5 aliphatic rings. The third-order valence-corrected chi connectivity index (χ3v) is 11.0. The Balaban J connectivity index is 1.23. The Labute approximate surface area is 195 Å². The lowest BCUT2D eigenvalue weighted by atomic mass is 9.48. The van der Waals surface area contributed by atoms with Crippen molar-refractivity contribution < 1.29 is 9.90 Å². The molecule has 0 aromatic carbocycles. The van der Waals surface area contributed by atoms with Crippen LogP contribution in [0.15, 0.2) is 6.20 Å². The summed E-state index contributed by atoms with van der Waals surface area (Å²) in [4.78, 5) is 13.6. The Bertz CT molecular complexity index is 996. The molecule has 0 unspecified atom stereocenters. The van der Waals surface area contributed by atoms with E-state index in [9.17, 15) is 9.90 Å². The molecule has 1 aromatic heterocycles. The topological polar surface area (TPSA) is 78.9 Å². The number of aliphatic hydroxyl groups is 1. The fraction of sp³-hybridized carbons (Fsp3) is 0.808. The monoisotopic (exact) mass is 455 g/mol. The maximum Gasteiger partial charge on any atom is 0.158 e. The minimum atomic E-state index is -0.469. The van der Waals surface area contributed by atoms with E-state index in [0.717, 1.165) is 37.0 Å². The number of Topliss-reactive ketones (excluding diaryl/α,β-unsaturated/α-hetero) is 1. The first-order chi connectivity index (χ1) is 15.2. The molecule has 5 aliphatic carbocycles. The van der Waals surface area contributed by atoms with Crippen LogP contribution in [0, 0.1) is 64.1 Å². The summed E-state index contributed by atoms with van der Waals surface area (Å²) in [5.41, 5.74) is -0.0395. The van der Waals surface area contributed by atoms with Crippen LogP contribution in [0.25, 0.3) is 0 Å². The number of hydrogen-bond donors (Lipinski definition) is 1. The minimum Gasteiger partial charge on any atom is -0.390 e. The van der Waals surface area contributed by atoms with E-state index in [4.69, 9.17) is 16.9 Å². The zero-order valence-electron chi connectivity index (χ0n) is 19.1. The molecule has 0 bridgehead atoms. The van der Waals surface area contributed by atoms with Gasteiger partial charge in [0.05, 0.1) is 11.8 Å². The number of aromatic nitrogens is 2. The third-order valence-electron chi connectivity index (χ3n) is 10.6. The zero-order chi connectivity index (χ0) is 22.4. The van der Waals surface area contributed by atoms with Crippen molar-refractivity contribution in [2.24, 2.45) is 52.8 Å². The fourth-order valence-electron chi connectivity index (χ4n) is 9.46. The van der Waals surface area contributed by atoms with Gasteiger partial charge in [-0.25, -0.2) is 4.68 Å². The highest BCUT2D eigenvalue weighted by atomic mass is 35.5. The Morgan fingerprint density at radius 2 is 1.97 bits per heavy atom. The number of fused-ring (bicyclic) bond motifs is 7. The fourth-order valence-corrected chi connectivity index (χ4v) is 9.65. The predicted octanol–water partition coefficient (Wildman–Crippen LogP) is 4.85. The van der Waals surface area contributed by atoms with Gasteiger partial charge in [-0.3, -0.25) is 4.79 Å². The van der Waals surface area contributed by atoms with E-state index in [1.807, 2.05) is 13.0 Å². The molecule has 0 saturated heterocycles. The minimum absolute atomic E-state index is 0.0938. The molecule has 6 heteroatoms. The van der Waals surface area contributed by atoms with E-state index in [2.05, 4.69) is 12.0 Å². The van der Waals surface area contributed by atoms with Crippen molar-refractivity contribution in [1.29, 1.82) is 5.26 Å². The first kappa shape index (κ1) is 21.2. The average Bonchev–Trinajstić information content (AvgIpc) is 3.34. The summed E-state index contributed by atoms with van der Waals surface area (Å²) in [6.07, 6.45) is 10.7. The average molecular weight is 456 g/mol. The largest absolute Gasteiger partial charge is 0.390 e. The quantitative estimate of drug-likeness (QED) is 0.706. The van der Waals surface area contributed by atoms with Crippen LogP contribution in [0.3, 0.4) is 0 Å². The summed E-state index contributed by atoms with van der Waals surface area (Å²) in [6.45, 7) is 4.62. The van der Waals surface area contributed by atoms with Gasteiger partial charge in [-0.2, -0.15) is 10.4 Å². The summed E-state index contributed by atoms with van der Waals surface area (Å²) < 4.78 is 1.52. The Morgan fingerprint density at radius 3 is 2.72 bits per heavy atom. The number of rotatable bonds is 3. The first-order valence-corrected chi connectivity index (χ1v) is 13.0. The van der Waals surface area contributed by atoms with Gasteiger partial charge in [0, 0.05) is 5.92 Å². The molecule has 32 heavy (non-hydrogen) atoms. The second-order valence-corrected chi connectivity index (χ2v) is 12.6. The van der Waals surface area contributed by atoms with Crippen molar-refractivity contribution >= 4 is 17.4 Å². The van der Waals surface area contributed by atoms with Gasteiger partial charge in [0.15, 0.2) is 5.78 Å². The highest BCUT2D eigenvalue weighted by molar-refractivity contribution is 6.30. The van der Waals surface area contributed by atoms with Gasteiger partial charge >= 0.3 is 0 Å². The van der Waals surface area contributed by atoms with Crippen molar-refractivity contribution in [1.82, 2.24) is 9.78 Å². The van der Waals surface area contributed by atoms with Crippen LogP contribution in [0.5, 0.6) is 0 Å². The van der Waals surface area contributed by atoms with Crippen LogP contribution in [0.2, 0.25) is 5.15 Å². The summed E-state index contributed by atoms with van der Waals surface area (Å²) in [6, 6.07) is 2.04. The molecule has 5 saturated carbocycles. The molecule has 10 atom stereocenters. The molecule has 1 N–H and O–H groups in total. The molecule has 0 aliphatic heterocycles. The van der Waals surface area contributed by atoms with Crippen molar-refractivity contribution in [3.05, 3.63) is 16.9 Å². The van der Waals surface area contributed by atoms with Gasteiger partial charge in [0.25, 0.3) is 0 Å². The number of ketones is 1. The highest BCUT2D eigenvalue weighted by Crippen LogP contribution is 2.74. The van der Waals surface area contributed by atoms with Crippen LogP contribution in [0.4, 0.5) is 0 Å². The predicted molar refractivity (Wildman–Crippen MR) is 121 cm³/mol. The molecule has 1 aromatic rings. The van der Waals surface area contributed by atoms with Gasteiger partial charge in [-0.05, 0) is 105 Å². The van der Waals surface area contributed by atoms with Crippen LogP contribution in [-0.2, 0) is 11.3 Å². The lowest BCUT2D eigenvalue weighted by Crippen LogP contribution is -2.52. The molecule has 5 nitrogen and oxygen atoms in total. The molecule has 0 amide bonds. The molecule has 172 valence electrons. The van der Waals surface area contributed by atoms with Gasteiger partial charge in [0.2, 0.25) is 0 Å². The van der Waals surface area contributed by atoms with Crippen molar-refractivity contribution in [3.8, 4) is 6.07 Å². The van der Waals surface area contributed by atoms with E-state index in [1.165, 1.54) is 43.0 Å². The molecule has 0 spiro atoms. The summed E-state index contributed by atoms with van der Waals surface area (Å²) in [5.74, 6) is 5.30. The summed E-state index contributed by atoms with van der Waals surface area (Å²) in [7, 11) is 0. The van der Waals surface area contributed by atoms with Crippen LogP contribution in [0.1, 0.15) is 70.8 Å². The third kappa shape index (κ3) is 2.98. The number of halogens is 1.